The smallest absolute Gasteiger partial charge is 0.348 e. The molecule has 3 aliphatic rings. The summed E-state index contributed by atoms with van der Waals surface area (Å²) in [4.78, 5) is 36.3. The van der Waals surface area contributed by atoms with E-state index in [1.54, 1.807) is 0 Å². The van der Waals surface area contributed by atoms with E-state index in [0.29, 0.717) is 22.4 Å². The molecule has 238 valence electrons. The first-order chi connectivity index (χ1) is 21.1. The van der Waals surface area contributed by atoms with Crippen LogP contribution in [0.5, 0.6) is 5.88 Å². The van der Waals surface area contributed by atoms with E-state index < -0.39 is 5.97 Å². The van der Waals surface area contributed by atoms with Gasteiger partial charge in [-0.2, -0.15) is 0 Å². The highest BCUT2D eigenvalue weighted by Gasteiger charge is 2.38. The van der Waals surface area contributed by atoms with Crippen LogP contribution in [0.15, 0.2) is 24.4 Å². The van der Waals surface area contributed by atoms with Crippen LogP contribution < -0.4 is 9.64 Å². The number of carboxylic acid groups (broad SMARTS) is 1. The molecule has 1 amide bonds. The van der Waals surface area contributed by atoms with Gasteiger partial charge in [-0.05, 0) is 95.8 Å². The second-order valence-electron chi connectivity index (χ2n) is 13.7. The van der Waals surface area contributed by atoms with Crippen LogP contribution >= 0.6 is 11.3 Å². The Balaban J connectivity index is 1.32. The summed E-state index contributed by atoms with van der Waals surface area (Å²) in [5.74, 6) is 6.63. The van der Waals surface area contributed by atoms with Crippen molar-refractivity contribution in [1.82, 2.24) is 9.88 Å². The SMILES string of the molecule is CC1CCC(C(=O)N(c2cc(C#CC(C)(C)C)sc2C(=O)O)[C@H]2CC[C@H](Oc3cc(CN4CCOCC4)ccn3)CC2)CC1. The molecule has 0 unspecified atom stereocenters. The molecule has 0 atom stereocenters. The van der Waals surface area contributed by atoms with E-state index in [9.17, 15) is 14.7 Å². The van der Waals surface area contributed by atoms with Crippen molar-refractivity contribution in [3.05, 3.63) is 39.7 Å². The van der Waals surface area contributed by atoms with E-state index in [2.05, 4.69) is 28.6 Å². The van der Waals surface area contributed by atoms with Crippen LogP contribution in [0.4, 0.5) is 5.69 Å². The number of pyridine rings is 1. The second-order valence-corrected chi connectivity index (χ2v) is 14.8. The third-order valence-corrected chi connectivity index (χ3v) is 9.96. The number of anilines is 1. The van der Waals surface area contributed by atoms with Crippen LogP contribution in [-0.4, -0.2) is 65.3 Å². The fourth-order valence-corrected chi connectivity index (χ4v) is 7.29. The lowest BCUT2D eigenvalue weighted by atomic mass is 9.81. The lowest BCUT2D eigenvalue weighted by Gasteiger charge is -2.39. The molecule has 0 radical (unpaired) electrons. The number of thiophene rings is 1. The van der Waals surface area contributed by atoms with Gasteiger partial charge in [0.15, 0.2) is 0 Å². The quantitative estimate of drug-likeness (QED) is 0.331. The lowest BCUT2D eigenvalue weighted by molar-refractivity contribution is -0.124. The van der Waals surface area contributed by atoms with E-state index in [-0.39, 0.29) is 34.3 Å². The van der Waals surface area contributed by atoms with Gasteiger partial charge in [0.25, 0.3) is 0 Å². The first-order valence-corrected chi connectivity index (χ1v) is 17.0. The Morgan fingerprint density at radius 1 is 1.09 bits per heavy atom. The third kappa shape index (κ3) is 8.62. The van der Waals surface area contributed by atoms with Gasteiger partial charge in [-0.3, -0.25) is 9.69 Å². The minimum Gasteiger partial charge on any atom is -0.477 e. The highest BCUT2D eigenvalue weighted by Crippen LogP contribution is 2.39. The first-order valence-electron chi connectivity index (χ1n) is 16.2. The molecular weight excluding hydrogens is 574 g/mol. The Labute approximate surface area is 266 Å². The number of carbonyl (C=O) groups excluding carboxylic acids is 1. The molecule has 0 spiro atoms. The van der Waals surface area contributed by atoms with Crippen molar-refractivity contribution in [2.75, 3.05) is 31.2 Å². The molecule has 3 fully saturated rings. The molecular formula is C35H47N3O5S. The molecule has 2 aromatic heterocycles. The maximum absolute atomic E-state index is 14.2. The van der Waals surface area contributed by atoms with Gasteiger partial charge in [0.1, 0.15) is 11.0 Å². The number of ether oxygens (including phenoxy) is 2. The van der Waals surface area contributed by atoms with Gasteiger partial charge in [0, 0.05) is 49.3 Å². The molecule has 5 rings (SSSR count). The Hall–Kier alpha value is -2.93. The zero-order chi connectivity index (χ0) is 31.3. The molecule has 3 heterocycles. The van der Waals surface area contributed by atoms with Gasteiger partial charge in [-0.1, -0.05) is 18.8 Å². The average molecular weight is 622 g/mol. The summed E-state index contributed by atoms with van der Waals surface area (Å²) in [6.07, 6.45) is 8.60. The largest absolute Gasteiger partial charge is 0.477 e. The highest BCUT2D eigenvalue weighted by molar-refractivity contribution is 7.15. The minimum atomic E-state index is -1.01. The molecule has 1 saturated heterocycles. The number of morpholine rings is 1. The van der Waals surface area contributed by atoms with Crippen LogP contribution in [0.3, 0.4) is 0 Å². The molecule has 0 bridgehead atoms. The molecule has 2 saturated carbocycles. The van der Waals surface area contributed by atoms with Crippen molar-refractivity contribution in [2.45, 2.75) is 97.8 Å². The van der Waals surface area contributed by atoms with Gasteiger partial charge < -0.3 is 19.5 Å². The van der Waals surface area contributed by atoms with Gasteiger partial charge in [-0.25, -0.2) is 9.78 Å². The zero-order valence-corrected chi connectivity index (χ0v) is 27.5. The molecule has 1 N–H and O–H groups in total. The number of hydrogen-bond acceptors (Lipinski definition) is 7. The monoisotopic (exact) mass is 621 g/mol. The van der Waals surface area contributed by atoms with Crippen molar-refractivity contribution in [3.63, 3.8) is 0 Å². The summed E-state index contributed by atoms with van der Waals surface area (Å²) in [6, 6.07) is 5.82. The third-order valence-electron chi connectivity index (χ3n) is 8.93. The Bertz CT molecular complexity index is 1350. The van der Waals surface area contributed by atoms with Gasteiger partial charge in [-0.15, -0.1) is 11.3 Å². The van der Waals surface area contributed by atoms with Crippen molar-refractivity contribution in [1.29, 1.82) is 0 Å². The average Bonchev–Trinajstić information content (AvgIpc) is 3.42. The van der Waals surface area contributed by atoms with Crippen LogP contribution in [0.25, 0.3) is 0 Å². The number of amides is 1. The van der Waals surface area contributed by atoms with E-state index >= 15 is 0 Å². The van der Waals surface area contributed by atoms with Gasteiger partial charge in [0.2, 0.25) is 11.8 Å². The number of aromatic nitrogens is 1. The molecule has 2 aliphatic carbocycles. The lowest BCUT2D eigenvalue weighted by Crippen LogP contribution is -2.47. The molecule has 1 aliphatic heterocycles. The van der Waals surface area contributed by atoms with Gasteiger partial charge in [0.05, 0.1) is 23.8 Å². The fraction of sp³-hybridized carbons (Fsp3) is 0.629. The van der Waals surface area contributed by atoms with Crippen LogP contribution in [0.1, 0.15) is 99.2 Å². The Kier molecular flexibility index (Phi) is 10.7. The molecule has 9 heteroatoms. The van der Waals surface area contributed by atoms with Crippen LogP contribution in [0.2, 0.25) is 0 Å². The second kappa shape index (κ2) is 14.4. The summed E-state index contributed by atoms with van der Waals surface area (Å²) in [7, 11) is 0. The number of carbonyl (C=O) groups is 2. The van der Waals surface area contributed by atoms with E-state index in [1.165, 1.54) is 16.9 Å². The number of aromatic carboxylic acids is 1. The van der Waals surface area contributed by atoms with E-state index in [0.717, 1.165) is 84.2 Å². The number of rotatable bonds is 8. The minimum absolute atomic E-state index is 0.000462. The molecule has 44 heavy (non-hydrogen) atoms. The van der Waals surface area contributed by atoms with Crippen molar-refractivity contribution >= 4 is 28.9 Å². The predicted molar refractivity (Wildman–Crippen MR) is 173 cm³/mol. The topological polar surface area (TPSA) is 92.2 Å². The first kappa shape index (κ1) is 32.5. The molecule has 8 nitrogen and oxygen atoms in total. The molecule has 0 aromatic carbocycles. The van der Waals surface area contributed by atoms with Crippen molar-refractivity contribution in [3.8, 4) is 17.7 Å². The predicted octanol–water partition coefficient (Wildman–Crippen LogP) is 6.62. The van der Waals surface area contributed by atoms with Crippen LogP contribution in [-0.2, 0) is 16.1 Å². The summed E-state index contributed by atoms with van der Waals surface area (Å²) in [6.45, 7) is 12.6. The highest BCUT2D eigenvalue weighted by atomic mass is 32.1. The fourth-order valence-electron chi connectivity index (χ4n) is 6.45. The Morgan fingerprint density at radius 2 is 1.80 bits per heavy atom. The van der Waals surface area contributed by atoms with Crippen molar-refractivity contribution < 1.29 is 24.2 Å². The summed E-state index contributed by atoms with van der Waals surface area (Å²) in [5.41, 5.74) is 1.47. The maximum atomic E-state index is 14.2. The summed E-state index contributed by atoms with van der Waals surface area (Å²) >= 11 is 1.17. The normalized spacial score (nSPS) is 24.6. The Morgan fingerprint density at radius 3 is 2.45 bits per heavy atom. The number of carboxylic acids is 1. The van der Waals surface area contributed by atoms with Crippen molar-refractivity contribution in [2.24, 2.45) is 17.3 Å². The number of nitrogens with zero attached hydrogens (tertiary/aromatic N) is 3. The maximum Gasteiger partial charge on any atom is 0.348 e. The zero-order valence-electron chi connectivity index (χ0n) is 26.6. The summed E-state index contributed by atoms with van der Waals surface area (Å²) in [5, 5.41) is 10.2. The molecule has 2 aromatic rings. The standard InChI is InChI=1S/C35H47N3O5S/c1-24-5-7-26(8-6-24)33(39)38(30-22-29(13-15-35(2,3)4)44-32(30)34(40)41)27-9-11-28(12-10-27)43-31-21-25(14-16-36-31)23-37-17-19-42-20-18-37/h14,16,21-22,24,26-28H,5-12,17-20,23H2,1-4H3,(H,40,41)/t24?,26?,27-,28-. The van der Waals surface area contributed by atoms with Crippen LogP contribution in [0, 0.1) is 29.1 Å². The summed E-state index contributed by atoms with van der Waals surface area (Å²) < 4.78 is 11.8. The van der Waals surface area contributed by atoms with Gasteiger partial charge >= 0.3 is 5.97 Å². The van der Waals surface area contributed by atoms with E-state index in [4.69, 9.17) is 9.47 Å². The van der Waals surface area contributed by atoms with E-state index in [1.807, 2.05) is 50.1 Å². The number of hydrogen-bond donors (Lipinski definition) is 1.